The van der Waals surface area contributed by atoms with Crippen LogP contribution in [0.25, 0.3) is 0 Å². The summed E-state index contributed by atoms with van der Waals surface area (Å²) < 4.78 is 35.5. The number of furan rings is 1. The van der Waals surface area contributed by atoms with E-state index in [0.29, 0.717) is 18.4 Å². The molecule has 272 valence electrons. The molecule has 5 fully saturated rings. The zero-order valence-electron chi connectivity index (χ0n) is 28.4. The van der Waals surface area contributed by atoms with Crippen molar-refractivity contribution in [1.82, 2.24) is 0 Å². The number of rotatable bonds is 9. The SMILES string of the molecule is CC(=O)OC(CC(=O)O)[C@]1(C)[C@H]2CC[C@@]3(C)[C@H](c4ccoc4)OC(=O)[C@H]4O[C@]43[C@]2(C)C(=O)C[C@H]1C(C)(C)O[C@@H]1O[C@H](CO)[C@@H](O)[C@H](O)[C@H]1O. The summed E-state index contributed by atoms with van der Waals surface area (Å²) >= 11 is 0. The number of hydrogen-bond donors (Lipinski definition) is 5. The molecule has 0 radical (unpaired) electrons. The highest BCUT2D eigenvalue weighted by atomic mass is 16.7. The molecule has 1 spiro atoms. The third-order valence-electron chi connectivity index (χ3n) is 12.7. The molecule has 1 aromatic heterocycles. The lowest BCUT2D eigenvalue weighted by atomic mass is 9.37. The Morgan fingerprint density at radius 2 is 1.78 bits per heavy atom. The van der Waals surface area contributed by atoms with E-state index in [0.717, 1.165) is 0 Å². The van der Waals surface area contributed by atoms with Crippen molar-refractivity contribution < 1.29 is 72.8 Å². The van der Waals surface area contributed by atoms with Gasteiger partial charge in [0, 0.05) is 35.7 Å². The molecule has 15 heteroatoms. The van der Waals surface area contributed by atoms with E-state index in [1.54, 1.807) is 33.8 Å². The number of epoxide rings is 1. The summed E-state index contributed by atoms with van der Waals surface area (Å²) in [7, 11) is 0. The number of ether oxygens (including phenoxy) is 5. The van der Waals surface area contributed by atoms with Gasteiger partial charge in [0.15, 0.2) is 12.4 Å². The van der Waals surface area contributed by atoms with Crippen molar-refractivity contribution in [3.05, 3.63) is 24.2 Å². The fourth-order valence-electron chi connectivity index (χ4n) is 10.4. The molecule has 1 unspecified atom stereocenters. The Labute approximate surface area is 282 Å². The Hall–Kier alpha value is -2.92. The summed E-state index contributed by atoms with van der Waals surface area (Å²) in [6.45, 7) is 9.13. The van der Waals surface area contributed by atoms with Crippen molar-refractivity contribution in [2.75, 3.05) is 6.61 Å². The number of carboxylic acids is 1. The third-order valence-corrected chi connectivity index (χ3v) is 12.7. The van der Waals surface area contributed by atoms with Gasteiger partial charge in [0.25, 0.3) is 0 Å². The van der Waals surface area contributed by atoms with Crippen molar-refractivity contribution in [2.45, 2.75) is 127 Å². The standard InChI is InChI=1S/C34H46O15/c1-15(36)45-21(12-22(38)39)32(5)18-7-9-31(4)26(16-8-10-44-14-16)47-28(43)27-34(31,48-27)33(18,6)20(37)11-19(32)30(2,3)49-29-25(42)24(41)23(40)17(13-35)46-29/h8,10,14,17-19,21,23-27,29,35,40-42H,7,9,11-13H2,1-6H3,(H,38,39)/t17-,18-,19+,21?,23-,24+,25-,26+,27-,29+,31+,32-,33+,34-/m1/s1. The molecule has 14 atom stereocenters. The van der Waals surface area contributed by atoms with Gasteiger partial charge in [-0.15, -0.1) is 0 Å². The highest BCUT2D eigenvalue weighted by Crippen LogP contribution is 2.78. The summed E-state index contributed by atoms with van der Waals surface area (Å²) in [6, 6.07) is 1.69. The first-order chi connectivity index (χ1) is 22.8. The number of cyclic esters (lactones) is 1. The second-order valence-electron chi connectivity index (χ2n) is 15.5. The molecule has 2 saturated carbocycles. The van der Waals surface area contributed by atoms with Crippen LogP contribution in [-0.2, 0) is 42.9 Å². The minimum atomic E-state index is -1.75. The number of fused-ring (bicyclic) bond motifs is 1. The Kier molecular flexibility index (Phi) is 8.66. The molecule has 6 rings (SSSR count). The van der Waals surface area contributed by atoms with Gasteiger partial charge in [0.1, 0.15) is 48.0 Å². The number of aliphatic hydroxyl groups is 4. The van der Waals surface area contributed by atoms with Crippen LogP contribution in [0, 0.1) is 28.1 Å². The van der Waals surface area contributed by atoms with Gasteiger partial charge in [0.05, 0.1) is 36.6 Å². The topological polar surface area (TPSA) is 232 Å². The van der Waals surface area contributed by atoms with Crippen molar-refractivity contribution in [3.8, 4) is 0 Å². The molecule has 4 heterocycles. The predicted octanol–water partition coefficient (Wildman–Crippen LogP) is 1.03. The number of ketones is 1. The number of carbonyl (C=O) groups is 4. The fraction of sp³-hybridized carbons (Fsp3) is 0.765. The summed E-state index contributed by atoms with van der Waals surface area (Å²) in [5.74, 6) is -4.54. The van der Waals surface area contributed by atoms with Crippen molar-refractivity contribution >= 4 is 23.7 Å². The van der Waals surface area contributed by atoms with E-state index in [1.165, 1.54) is 19.5 Å². The molecule has 5 N–H and O–H groups in total. The van der Waals surface area contributed by atoms with E-state index < -0.39 is 119 Å². The van der Waals surface area contributed by atoms with E-state index in [9.17, 15) is 44.7 Å². The van der Waals surface area contributed by atoms with E-state index in [4.69, 9.17) is 28.1 Å². The van der Waals surface area contributed by atoms with Crippen LogP contribution in [0.15, 0.2) is 23.0 Å². The zero-order chi connectivity index (χ0) is 36.1. The molecule has 3 saturated heterocycles. The molecule has 49 heavy (non-hydrogen) atoms. The minimum Gasteiger partial charge on any atom is -0.481 e. The number of aliphatic hydroxyl groups excluding tert-OH is 4. The van der Waals surface area contributed by atoms with Crippen LogP contribution in [0.1, 0.15) is 78.9 Å². The first-order valence-electron chi connectivity index (χ1n) is 16.6. The molecule has 5 aliphatic rings. The number of carboxylic acid groups (broad SMARTS) is 1. The van der Waals surface area contributed by atoms with E-state index in [1.807, 2.05) is 6.92 Å². The summed E-state index contributed by atoms with van der Waals surface area (Å²) in [4.78, 5) is 53.4. The van der Waals surface area contributed by atoms with Crippen LogP contribution < -0.4 is 0 Å². The van der Waals surface area contributed by atoms with Gasteiger partial charge in [-0.3, -0.25) is 14.4 Å². The maximum absolute atomic E-state index is 14.9. The minimum absolute atomic E-state index is 0.245. The van der Waals surface area contributed by atoms with Crippen molar-refractivity contribution in [1.29, 1.82) is 0 Å². The number of aliphatic carboxylic acids is 1. The highest BCUT2D eigenvalue weighted by molar-refractivity contribution is 5.93. The Morgan fingerprint density at radius 3 is 2.37 bits per heavy atom. The zero-order valence-corrected chi connectivity index (χ0v) is 28.4. The third kappa shape index (κ3) is 4.94. The van der Waals surface area contributed by atoms with Gasteiger partial charge in [-0.25, -0.2) is 4.79 Å². The van der Waals surface area contributed by atoms with Crippen LogP contribution >= 0.6 is 0 Å². The fourth-order valence-corrected chi connectivity index (χ4v) is 10.4. The van der Waals surface area contributed by atoms with Crippen molar-refractivity contribution in [3.63, 3.8) is 0 Å². The molecular formula is C34H46O15. The Morgan fingerprint density at radius 1 is 1.08 bits per heavy atom. The monoisotopic (exact) mass is 694 g/mol. The first-order valence-corrected chi connectivity index (χ1v) is 16.6. The Bertz CT molecular complexity index is 1470. The van der Waals surface area contributed by atoms with Gasteiger partial charge in [0.2, 0.25) is 0 Å². The van der Waals surface area contributed by atoms with Crippen molar-refractivity contribution in [2.24, 2.45) is 28.1 Å². The maximum atomic E-state index is 14.9. The van der Waals surface area contributed by atoms with Crippen LogP contribution in [0.2, 0.25) is 0 Å². The molecule has 15 nitrogen and oxygen atoms in total. The lowest BCUT2D eigenvalue weighted by Crippen LogP contribution is -2.73. The van der Waals surface area contributed by atoms with Gasteiger partial charge in [-0.05, 0) is 45.6 Å². The maximum Gasteiger partial charge on any atom is 0.339 e. The van der Waals surface area contributed by atoms with Crippen LogP contribution in [0.5, 0.6) is 0 Å². The average Bonchev–Trinajstić information content (AvgIpc) is 3.59. The van der Waals surface area contributed by atoms with E-state index >= 15 is 0 Å². The molecular weight excluding hydrogens is 648 g/mol. The Balaban J connectivity index is 1.47. The molecule has 1 aromatic rings. The van der Waals surface area contributed by atoms with Gasteiger partial charge in [-0.1, -0.05) is 13.8 Å². The van der Waals surface area contributed by atoms with Gasteiger partial charge in [-0.2, -0.15) is 0 Å². The number of Topliss-reactive ketones (excluding diaryl/α,β-unsaturated/α-hetero) is 1. The smallest absolute Gasteiger partial charge is 0.339 e. The number of carbonyl (C=O) groups excluding carboxylic acids is 3. The molecule has 0 aromatic carbocycles. The summed E-state index contributed by atoms with van der Waals surface area (Å²) in [5, 5.41) is 51.5. The normalized spacial score (nSPS) is 45.3. The quantitative estimate of drug-likeness (QED) is 0.180. The molecule has 0 amide bonds. The summed E-state index contributed by atoms with van der Waals surface area (Å²) in [6.07, 6.45) is -8.35. The second-order valence-corrected chi connectivity index (χ2v) is 15.5. The largest absolute Gasteiger partial charge is 0.481 e. The molecule has 2 aliphatic carbocycles. The predicted molar refractivity (Wildman–Crippen MR) is 162 cm³/mol. The number of esters is 2. The summed E-state index contributed by atoms with van der Waals surface area (Å²) in [5.41, 5.74) is -5.86. The second kappa shape index (κ2) is 11.8. The highest BCUT2D eigenvalue weighted by Gasteiger charge is 2.88. The molecule has 3 aliphatic heterocycles. The van der Waals surface area contributed by atoms with Gasteiger partial charge < -0.3 is 53.6 Å². The van der Waals surface area contributed by atoms with E-state index in [-0.39, 0.29) is 12.2 Å². The van der Waals surface area contributed by atoms with Crippen LogP contribution in [0.4, 0.5) is 0 Å². The van der Waals surface area contributed by atoms with Crippen LogP contribution in [0.3, 0.4) is 0 Å². The van der Waals surface area contributed by atoms with Crippen LogP contribution in [-0.4, -0.2) is 110 Å². The van der Waals surface area contributed by atoms with E-state index in [2.05, 4.69) is 0 Å². The average molecular weight is 695 g/mol. The van der Waals surface area contributed by atoms with Gasteiger partial charge >= 0.3 is 17.9 Å². The number of hydrogen-bond acceptors (Lipinski definition) is 14. The first kappa shape index (κ1) is 35.9. The lowest BCUT2D eigenvalue weighted by Gasteiger charge is -2.67. The lowest BCUT2D eigenvalue weighted by molar-refractivity contribution is -0.338. The molecule has 0 bridgehead atoms.